The van der Waals surface area contributed by atoms with Crippen molar-refractivity contribution >= 4 is 31.3 Å². The van der Waals surface area contributed by atoms with Crippen molar-refractivity contribution < 1.29 is 0 Å². The molecule has 1 aliphatic rings. The average molecular weight is 295 g/mol. The summed E-state index contributed by atoms with van der Waals surface area (Å²) < 4.78 is 0. The summed E-state index contributed by atoms with van der Waals surface area (Å²) in [6, 6.07) is 0.515. The molecule has 0 aliphatic carbocycles. The summed E-state index contributed by atoms with van der Waals surface area (Å²) in [7, 11) is -1.30. The fourth-order valence-electron chi connectivity index (χ4n) is 2.40. The van der Waals surface area contributed by atoms with Crippen LogP contribution in [-0.4, -0.2) is 61.5 Å². The molecule has 1 fully saturated rings. The molecule has 0 N–H and O–H groups in total. The normalized spacial score (nSPS) is 16.6. The molecule has 0 saturated carbocycles. The minimum absolute atomic E-state index is 0. The molecule has 1 aliphatic heterocycles. The van der Waals surface area contributed by atoms with Crippen LogP contribution in [0.3, 0.4) is 0 Å². The van der Waals surface area contributed by atoms with Crippen molar-refractivity contribution in [2.75, 3.05) is 19.3 Å². The molecule has 0 aromatic rings. The van der Waals surface area contributed by atoms with E-state index in [1.54, 1.807) is 0 Å². The topological polar surface area (TPSA) is 17.3 Å². The number of rotatable bonds is 5. The van der Waals surface area contributed by atoms with E-state index in [1.165, 1.54) is 44.9 Å². The number of likely N-dealkylation sites (tertiary alicyclic amines) is 1. The van der Waals surface area contributed by atoms with Crippen LogP contribution in [0.5, 0.6) is 0 Å². The molecule has 19 heavy (non-hydrogen) atoms. The van der Waals surface area contributed by atoms with Gasteiger partial charge in [0.15, 0.2) is 0 Å². The molecule has 0 radical (unpaired) electrons. The first kappa shape index (κ1) is 22.2. The molecule has 0 atom stereocenters. The summed E-state index contributed by atoms with van der Waals surface area (Å²) >= 11 is 0. The predicted molar refractivity (Wildman–Crippen MR) is 92.3 cm³/mol. The van der Waals surface area contributed by atoms with Gasteiger partial charge >= 0.3 is 23.1 Å². The Labute approximate surface area is 139 Å². The van der Waals surface area contributed by atoms with Crippen molar-refractivity contribution in [3.63, 3.8) is 0 Å². The molecule has 2 nitrogen and oxygen atoms in total. The SMILES string of the molecule is CC(C)[N-][Si](C)(C)CN1CCCCC1.[CH2-]CCC.[Mg+2]. The van der Waals surface area contributed by atoms with E-state index in [4.69, 9.17) is 4.98 Å². The summed E-state index contributed by atoms with van der Waals surface area (Å²) in [5.74, 6) is 0. The molecule has 110 valence electrons. The van der Waals surface area contributed by atoms with Gasteiger partial charge in [-0.2, -0.15) is 6.42 Å². The molecular formula is C15H34MgN2Si. The van der Waals surface area contributed by atoms with Gasteiger partial charge < -0.3 is 16.8 Å². The zero-order valence-corrected chi connectivity index (χ0v) is 16.5. The Morgan fingerprint density at radius 3 is 2.00 bits per heavy atom. The van der Waals surface area contributed by atoms with Gasteiger partial charge in [0.1, 0.15) is 0 Å². The van der Waals surface area contributed by atoms with Gasteiger partial charge in [-0.3, -0.25) is 0 Å². The summed E-state index contributed by atoms with van der Waals surface area (Å²) in [6.45, 7) is 17.5. The van der Waals surface area contributed by atoms with Crippen LogP contribution in [0.25, 0.3) is 4.98 Å². The van der Waals surface area contributed by atoms with E-state index in [0.717, 1.165) is 6.42 Å². The van der Waals surface area contributed by atoms with Crippen LogP contribution in [-0.2, 0) is 0 Å². The van der Waals surface area contributed by atoms with Crippen molar-refractivity contribution in [1.29, 1.82) is 0 Å². The summed E-state index contributed by atoms with van der Waals surface area (Å²) in [5.41, 5.74) is 0. The Balaban J connectivity index is 0. The molecule has 0 bridgehead atoms. The van der Waals surface area contributed by atoms with Gasteiger partial charge in [-0.25, -0.2) is 0 Å². The third kappa shape index (κ3) is 13.6. The van der Waals surface area contributed by atoms with Crippen LogP contribution in [0.1, 0.15) is 52.9 Å². The van der Waals surface area contributed by atoms with E-state index in [2.05, 4.69) is 45.7 Å². The van der Waals surface area contributed by atoms with Crippen molar-refractivity contribution in [1.82, 2.24) is 4.90 Å². The zero-order valence-electron chi connectivity index (χ0n) is 14.0. The molecule has 4 heteroatoms. The summed E-state index contributed by atoms with van der Waals surface area (Å²) in [5, 5.41) is 0. The largest absolute Gasteiger partial charge is 2.00 e. The first-order valence-electron chi connectivity index (χ1n) is 7.65. The van der Waals surface area contributed by atoms with E-state index < -0.39 is 8.24 Å². The van der Waals surface area contributed by atoms with E-state index in [1.807, 2.05) is 0 Å². The molecule has 0 amide bonds. The van der Waals surface area contributed by atoms with Gasteiger partial charge in [0.25, 0.3) is 0 Å². The Hall–Kier alpha value is 0.903. The van der Waals surface area contributed by atoms with Crippen LogP contribution in [0.4, 0.5) is 0 Å². The number of hydrogen-bond acceptors (Lipinski definition) is 1. The van der Waals surface area contributed by atoms with Gasteiger partial charge in [0, 0.05) is 0 Å². The fraction of sp³-hybridized carbons (Fsp3) is 0.933. The minimum Gasteiger partial charge on any atom is -0.661 e. The average Bonchev–Trinajstić information content (AvgIpc) is 2.28. The summed E-state index contributed by atoms with van der Waals surface area (Å²) in [6.07, 6.45) is 7.77. The third-order valence-corrected chi connectivity index (χ3v) is 5.46. The van der Waals surface area contributed by atoms with Crippen molar-refractivity contribution in [2.24, 2.45) is 0 Å². The van der Waals surface area contributed by atoms with Gasteiger partial charge in [-0.05, 0) is 40.3 Å². The van der Waals surface area contributed by atoms with Crippen LogP contribution in [0.15, 0.2) is 0 Å². The van der Waals surface area contributed by atoms with Crippen LogP contribution < -0.4 is 0 Å². The number of unbranched alkanes of at least 4 members (excludes halogenated alkanes) is 1. The second kappa shape index (κ2) is 12.6. The third-order valence-electron chi connectivity index (χ3n) is 3.02. The van der Waals surface area contributed by atoms with Crippen molar-refractivity contribution in [3.8, 4) is 0 Å². The van der Waals surface area contributed by atoms with Crippen LogP contribution in [0, 0.1) is 6.92 Å². The number of nitrogens with zero attached hydrogens (tertiary/aromatic N) is 2. The summed E-state index contributed by atoms with van der Waals surface area (Å²) in [4.78, 5) is 7.53. The van der Waals surface area contributed by atoms with E-state index >= 15 is 0 Å². The zero-order chi connectivity index (χ0) is 14.0. The van der Waals surface area contributed by atoms with Crippen molar-refractivity contribution in [3.05, 3.63) is 11.9 Å². The maximum atomic E-state index is 4.90. The number of piperidine rings is 1. The standard InChI is InChI=1S/C11H25N2Si.C4H9.Mg/c1-11(2)12-14(3,4)10-13-8-6-5-7-9-13;1-3-4-2;/h11H,5-10H2,1-4H3;1,3-4H2,2H3;/q2*-1;+2. The maximum absolute atomic E-state index is 4.90. The Morgan fingerprint density at radius 2 is 1.63 bits per heavy atom. The smallest absolute Gasteiger partial charge is 0.661 e. The molecule has 1 saturated heterocycles. The molecule has 1 rings (SSSR count). The maximum Gasteiger partial charge on any atom is 2.00 e. The molecule has 0 aromatic heterocycles. The van der Waals surface area contributed by atoms with Crippen molar-refractivity contribution in [2.45, 2.75) is 72.0 Å². The van der Waals surface area contributed by atoms with Gasteiger partial charge in [0.2, 0.25) is 0 Å². The first-order valence-corrected chi connectivity index (χ1v) is 10.8. The van der Waals surface area contributed by atoms with Crippen LogP contribution in [0.2, 0.25) is 13.1 Å². The fourth-order valence-corrected chi connectivity index (χ4v) is 5.29. The molecule has 1 heterocycles. The minimum atomic E-state index is -1.30. The Kier molecular flexibility index (Phi) is 14.7. The van der Waals surface area contributed by atoms with E-state index in [9.17, 15) is 0 Å². The van der Waals surface area contributed by atoms with Crippen LogP contribution >= 0.6 is 0 Å². The Morgan fingerprint density at radius 1 is 1.16 bits per heavy atom. The second-order valence-corrected chi connectivity index (χ2v) is 10.4. The monoisotopic (exact) mass is 294 g/mol. The quantitative estimate of drug-likeness (QED) is 0.548. The van der Waals surface area contributed by atoms with Gasteiger partial charge in [-0.1, -0.05) is 46.7 Å². The predicted octanol–water partition coefficient (Wildman–Crippen LogP) is 4.24. The molecule has 0 aromatic carbocycles. The molecule has 0 spiro atoms. The van der Waals surface area contributed by atoms with E-state index in [-0.39, 0.29) is 23.1 Å². The van der Waals surface area contributed by atoms with Gasteiger partial charge in [-0.15, -0.1) is 6.04 Å². The van der Waals surface area contributed by atoms with Gasteiger partial charge in [0.05, 0.1) is 0 Å². The number of hydrogen-bond donors (Lipinski definition) is 0. The Bertz CT molecular complexity index is 191. The second-order valence-electron chi connectivity index (χ2n) is 6.23. The van der Waals surface area contributed by atoms with E-state index in [0.29, 0.717) is 6.04 Å². The molecular weight excluding hydrogens is 261 g/mol. The first-order chi connectivity index (χ1) is 8.41. The molecule has 0 unspecified atom stereocenters.